The summed E-state index contributed by atoms with van der Waals surface area (Å²) in [6.45, 7) is 2.27. The van der Waals surface area contributed by atoms with Crippen LogP contribution >= 0.6 is 11.8 Å². The van der Waals surface area contributed by atoms with Crippen molar-refractivity contribution in [3.05, 3.63) is 18.0 Å². The van der Waals surface area contributed by atoms with Crippen LogP contribution in [0.25, 0.3) is 0 Å². The standard InChI is InChI=1S/C10H14F3N3S/c11-10(12,13)9-2-4-16(14-9)8-15-3-1-6-17-7-5-15/h2,4H,1,3,5-8H2. The summed E-state index contributed by atoms with van der Waals surface area (Å²) in [5, 5.41) is 3.55. The van der Waals surface area contributed by atoms with Gasteiger partial charge in [0.2, 0.25) is 0 Å². The van der Waals surface area contributed by atoms with Gasteiger partial charge >= 0.3 is 6.18 Å². The van der Waals surface area contributed by atoms with Gasteiger partial charge in [-0.3, -0.25) is 9.58 Å². The molecule has 1 aromatic rings. The molecule has 2 heterocycles. The Labute approximate surface area is 102 Å². The maximum Gasteiger partial charge on any atom is 0.435 e. The highest BCUT2D eigenvalue weighted by Crippen LogP contribution is 2.27. The molecule has 0 N–H and O–H groups in total. The highest BCUT2D eigenvalue weighted by Gasteiger charge is 2.33. The first-order valence-electron chi connectivity index (χ1n) is 5.46. The molecule has 1 aliphatic rings. The summed E-state index contributed by atoms with van der Waals surface area (Å²) < 4.78 is 38.4. The molecule has 0 radical (unpaired) electrons. The van der Waals surface area contributed by atoms with Gasteiger partial charge in [-0.15, -0.1) is 0 Å². The lowest BCUT2D eigenvalue weighted by molar-refractivity contribution is -0.141. The summed E-state index contributed by atoms with van der Waals surface area (Å²) in [6.07, 6.45) is -1.88. The molecule has 0 atom stereocenters. The lowest BCUT2D eigenvalue weighted by Crippen LogP contribution is -2.29. The molecule has 96 valence electrons. The van der Waals surface area contributed by atoms with Gasteiger partial charge < -0.3 is 0 Å². The number of aromatic nitrogens is 2. The van der Waals surface area contributed by atoms with Crippen molar-refractivity contribution in [3.8, 4) is 0 Å². The van der Waals surface area contributed by atoms with Crippen LogP contribution in [-0.4, -0.2) is 39.3 Å². The molecule has 0 saturated carbocycles. The number of halogens is 3. The number of alkyl halides is 3. The van der Waals surface area contributed by atoms with Crippen molar-refractivity contribution in [1.82, 2.24) is 14.7 Å². The van der Waals surface area contributed by atoms with Gasteiger partial charge in [-0.25, -0.2) is 0 Å². The normalized spacial score (nSPS) is 19.2. The fraction of sp³-hybridized carbons (Fsp3) is 0.700. The highest BCUT2D eigenvalue weighted by molar-refractivity contribution is 7.99. The Morgan fingerprint density at radius 2 is 2.12 bits per heavy atom. The predicted octanol–water partition coefficient (Wildman–Crippen LogP) is 2.30. The van der Waals surface area contributed by atoms with Crippen LogP contribution in [0.15, 0.2) is 12.3 Å². The van der Waals surface area contributed by atoms with Crippen molar-refractivity contribution in [3.63, 3.8) is 0 Å². The first-order valence-corrected chi connectivity index (χ1v) is 6.62. The number of hydrogen-bond donors (Lipinski definition) is 0. The first-order chi connectivity index (χ1) is 8.05. The van der Waals surface area contributed by atoms with Crippen LogP contribution in [0.4, 0.5) is 13.2 Å². The SMILES string of the molecule is FC(F)(F)c1ccn(CN2CCCSCC2)n1. The van der Waals surface area contributed by atoms with Gasteiger partial charge in [-0.1, -0.05) is 0 Å². The van der Waals surface area contributed by atoms with E-state index in [2.05, 4.69) is 10.00 Å². The molecule has 1 saturated heterocycles. The van der Waals surface area contributed by atoms with E-state index in [0.29, 0.717) is 6.67 Å². The molecule has 0 aromatic carbocycles. The zero-order valence-electron chi connectivity index (χ0n) is 9.28. The molecular weight excluding hydrogens is 251 g/mol. The minimum Gasteiger partial charge on any atom is -0.284 e. The summed E-state index contributed by atoms with van der Waals surface area (Å²) in [5.74, 6) is 2.16. The molecule has 0 spiro atoms. The van der Waals surface area contributed by atoms with Gasteiger partial charge in [0.15, 0.2) is 5.69 Å². The topological polar surface area (TPSA) is 21.1 Å². The van der Waals surface area contributed by atoms with Crippen molar-refractivity contribution >= 4 is 11.8 Å². The van der Waals surface area contributed by atoms with Gasteiger partial charge in [0.05, 0.1) is 6.67 Å². The third kappa shape index (κ3) is 3.64. The average Bonchev–Trinajstić information content (AvgIpc) is 2.56. The van der Waals surface area contributed by atoms with Gasteiger partial charge in [0.25, 0.3) is 0 Å². The Morgan fingerprint density at radius 1 is 1.29 bits per heavy atom. The summed E-state index contributed by atoms with van der Waals surface area (Å²) in [6, 6.07) is 1.02. The van der Waals surface area contributed by atoms with E-state index in [4.69, 9.17) is 0 Å². The molecule has 7 heteroatoms. The van der Waals surface area contributed by atoms with Crippen LogP contribution in [0.1, 0.15) is 12.1 Å². The van der Waals surface area contributed by atoms with E-state index >= 15 is 0 Å². The van der Waals surface area contributed by atoms with Crippen molar-refractivity contribution < 1.29 is 13.2 Å². The van der Waals surface area contributed by atoms with Crippen LogP contribution in [0.3, 0.4) is 0 Å². The van der Waals surface area contributed by atoms with E-state index in [1.54, 1.807) is 0 Å². The fourth-order valence-electron chi connectivity index (χ4n) is 1.74. The molecular formula is C10H14F3N3S. The summed E-state index contributed by atoms with van der Waals surface area (Å²) >= 11 is 1.89. The molecule has 0 bridgehead atoms. The van der Waals surface area contributed by atoms with E-state index in [-0.39, 0.29) is 0 Å². The maximum absolute atomic E-state index is 12.4. The first kappa shape index (κ1) is 12.8. The second-order valence-electron chi connectivity index (χ2n) is 3.96. The van der Waals surface area contributed by atoms with Gasteiger partial charge in [-0.2, -0.15) is 30.0 Å². The molecule has 17 heavy (non-hydrogen) atoms. The van der Waals surface area contributed by atoms with Crippen LogP contribution < -0.4 is 0 Å². The molecule has 0 amide bonds. The summed E-state index contributed by atoms with van der Waals surface area (Å²) in [4.78, 5) is 2.13. The van der Waals surface area contributed by atoms with E-state index in [0.717, 1.165) is 37.1 Å². The molecule has 1 aromatic heterocycles. The second-order valence-corrected chi connectivity index (χ2v) is 5.19. The maximum atomic E-state index is 12.4. The number of rotatable bonds is 2. The Hall–Kier alpha value is -0.690. The Bertz CT molecular complexity index is 356. The summed E-state index contributed by atoms with van der Waals surface area (Å²) in [5.41, 5.74) is -0.818. The molecule has 2 rings (SSSR count). The highest BCUT2D eigenvalue weighted by atomic mass is 32.2. The van der Waals surface area contributed by atoms with Gasteiger partial charge in [0.1, 0.15) is 0 Å². The van der Waals surface area contributed by atoms with Crippen LogP contribution in [-0.2, 0) is 12.8 Å². The minimum absolute atomic E-state index is 0.441. The van der Waals surface area contributed by atoms with E-state index in [1.807, 2.05) is 11.8 Å². The average molecular weight is 265 g/mol. The molecule has 1 fully saturated rings. The predicted molar refractivity (Wildman–Crippen MR) is 60.7 cm³/mol. The largest absolute Gasteiger partial charge is 0.435 e. The Kier molecular flexibility index (Phi) is 3.98. The van der Waals surface area contributed by atoms with Crippen molar-refractivity contribution in [2.45, 2.75) is 19.3 Å². The monoisotopic (exact) mass is 265 g/mol. The van der Waals surface area contributed by atoms with Gasteiger partial charge in [-0.05, 0) is 18.2 Å². The van der Waals surface area contributed by atoms with Crippen molar-refractivity contribution in [2.75, 3.05) is 24.6 Å². The third-order valence-corrected chi connectivity index (χ3v) is 3.64. The number of hydrogen-bond acceptors (Lipinski definition) is 3. The zero-order chi connectivity index (χ0) is 12.3. The molecule has 3 nitrogen and oxygen atoms in total. The molecule has 0 aliphatic carbocycles. The Balaban J connectivity index is 1.96. The van der Waals surface area contributed by atoms with Gasteiger partial charge in [0, 0.05) is 25.0 Å². The molecule has 0 unspecified atom stereocenters. The zero-order valence-corrected chi connectivity index (χ0v) is 10.1. The quantitative estimate of drug-likeness (QED) is 0.818. The fourth-order valence-corrected chi connectivity index (χ4v) is 2.66. The van der Waals surface area contributed by atoms with Crippen LogP contribution in [0.2, 0.25) is 0 Å². The summed E-state index contributed by atoms with van der Waals surface area (Å²) in [7, 11) is 0. The lowest BCUT2D eigenvalue weighted by atomic mass is 10.4. The second kappa shape index (κ2) is 5.30. The minimum atomic E-state index is -4.35. The van der Waals surface area contributed by atoms with Crippen molar-refractivity contribution in [2.24, 2.45) is 0 Å². The van der Waals surface area contributed by atoms with E-state index < -0.39 is 11.9 Å². The third-order valence-electron chi connectivity index (χ3n) is 2.59. The molecule has 1 aliphatic heterocycles. The Morgan fingerprint density at radius 3 is 2.82 bits per heavy atom. The lowest BCUT2D eigenvalue weighted by Gasteiger charge is -2.19. The van der Waals surface area contributed by atoms with Crippen LogP contribution in [0.5, 0.6) is 0 Å². The van der Waals surface area contributed by atoms with E-state index in [9.17, 15) is 13.2 Å². The van der Waals surface area contributed by atoms with Crippen LogP contribution in [0, 0.1) is 0 Å². The number of nitrogens with zero attached hydrogens (tertiary/aromatic N) is 3. The van der Waals surface area contributed by atoms with Crippen molar-refractivity contribution in [1.29, 1.82) is 0 Å². The van der Waals surface area contributed by atoms with E-state index in [1.165, 1.54) is 10.9 Å². The number of thioether (sulfide) groups is 1. The smallest absolute Gasteiger partial charge is 0.284 e.